The van der Waals surface area contributed by atoms with E-state index in [9.17, 15) is 19.7 Å². The molecule has 1 unspecified atom stereocenters. The Balaban J connectivity index is 1.98. The van der Waals surface area contributed by atoms with Crippen LogP contribution in [-0.2, 0) is 4.74 Å². The Bertz CT molecular complexity index is 957. The Kier molecular flexibility index (Phi) is 5.93. The Morgan fingerprint density at radius 3 is 2.48 bits per heavy atom. The van der Waals surface area contributed by atoms with E-state index in [1.807, 2.05) is 6.92 Å². The Morgan fingerprint density at radius 2 is 1.86 bits per heavy atom. The van der Waals surface area contributed by atoms with Crippen LogP contribution in [0.25, 0.3) is 0 Å². The minimum absolute atomic E-state index is 0.0724. The molecule has 29 heavy (non-hydrogen) atoms. The van der Waals surface area contributed by atoms with Crippen molar-refractivity contribution in [1.82, 2.24) is 4.90 Å². The number of ether oxygens (including phenoxy) is 1. The SMILES string of the molecule is CC1CN(C(=O)c2ccccc2C(=O)c2ccc(N(C)C)c([N+](=O)[O-])c2)CCO1. The standard InChI is InChI=1S/C21H23N3O5/c1-14-13-23(10-11-29-14)21(26)17-7-5-4-6-16(17)20(25)15-8-9-18(22(2)3)19(12-15)24(27)28/h4-9,12,14H,10-11,13H2,1-3H3. The van der Waals surface area contributed by atoms with Crippen molar-refractivity contribution in [3.8, 4) is 0 Å². The maximum Gasteiger partial charge on any atom is 0.293 e. The monoisotopic (exact) mass is 397 g/mol. The fraction of sp³-hybridized carbons (Fsp3) is 0.333. The highest BCUT2D eigenvalue weighted by Gasteiger charge is 2.27. The van der Waals surface area contributed by atoms with Gasteiger partial charge in [-0.05, 0) is 25.1 Å². The summed E-state index contributed by atoms with van der Waals surface area (Å²) in [4.78, 5) is 40.4. The maximum atomic E-state index is 13.1. The van der Waals surface area contributed by atoms with Crippen LogP contribution in [0.1, 0.15) is 33.2 Å². The van der Waals surface area contributed by atoms with Gasteiger partial charge in [-0.2, -0.15) is 0 Å². The Labute approximate surface area is 168 Å². The average Bonchev–Trinajstić information content (AvgIpc) is 2.72. The summed E-state index contributed by atoms with van der Waals surface area (Å²) in [5, 5.41) is 11.4. The van der Waals surface area contributed by atoms with Crippen LogP contribution in [-0.4, -0.2) is 61.4 Å². The quantitative estimate of drug-likeness (QED) is 0.438. The molecule has 1 saturated heterocycles. The molecule has 1 aliphatic rings. The fourth-order valence-electron chi connectivity index (χ4n) is 3.39. The maximum absolute atomic E-state index is 13.1. The van der Waals surface area contributed by atoms with Crippen molar-refractivity contribution < 1.29 is 19.2 Å². The van der Waals surface area contributed by atoms with Gasteiger partial charge in [-0.1, -0.05) is 18.2 Å². The summed E-state index contributed by atoms with van der Waals surface area (Å²) in [6, 6.07) is 10.9. The lowest BCUT2D eigenvalue weighted by Gasteiger charge is -2.31. The van der Waals surface area contributed by atoms with Crippen molar-refractivity contribution >= 4 is 23.1 Å². The predicted molar refractivity (Wildman–Crippen MR) is 109 cm³/mol. The number of morpholine rings is 1. The molecule has 1 heterocycles. The average molecular weight is 397 g/mol. The normalized spacial score (nSPS) is 16.4. The molecule has 2 aromatic rings. The van der Waals surface area contributed by atoms with Crippen LogP contribution >= 0.6 is 0 Å². The molecule has 1 amide bonds. The molecule has 0 aliphatic carbocycles. The van der Waals surface area contributed by atoms with Crippen LogP contribution in [0.4, 0.5) is 11.4 Å². The van der Waals surface area contributed by atoms with E-state index in [-0.39, 0.29) is 34.4 Å². The second-order valence-electron chi connectivity index (χ2n) is 7.16. The van der Waals surface area contributed by atoms with Crippen LogP contribution in [0.3, 0.4) is 0 Å². The van der Waals surface area contributed by atoms with E-state index in [0.29, 0.717) is 25.4 Å². The van der Waals surface area contributed by atoms with E-state index in [4.69, 9.17) is 4.74 Å². The molecule has 1 aliphatic heterocycles. The summed E-state index contributed by atoms with van der Waals surface area (Å²) in [6.45, 7) is 3.24. The highest BCUT2D eigenvalue weighted by molar-refractivity contribution is 6.15. The van der Waals surface area contributed by atoms with Gasteiger partial charge >= 0.3 is 0 Å². The Morgan fingerprint density at radius 1 is 1.17 bits per heavy atom. The molecule has 2 aromatic carbocycles. The van der Waals surface area contributed by atoms with Gasteiger partial charge in [0, 0.05) is 44.4 Å². The smallest absolute Gasteiger partial charge is 0.293 e. The fourth-order valence-corrected chi connectivity index (χ4v) is 3.39. The van der Waals surface area contributed by atoms with Crippen LogP contribution < -0.4 is 4.90 Å². The predicted octanol–water partition coefficient (Wildman–Crippen LogP) is 2.75. The first-order chi connectivity index (χ1) is 13.8. The first-order valence-electron chi connectivity index (χ1n) is 9.30. The van der Waals surface area contributed by atoms with Crippen molar-refractivity contribution in [1.29, 1.82) is 0 Å². The number of rotatable bonds is 5. The molecule has 0 bridgehead atoms. The Hall–Kier alpha value is -3.26. The zero-order valence-corrected chi connectivity index (χ0v) is 16.6. The molecule has 1 fully saturated rings. The van der Waals surface area contributed by atoms with E-state index >= 15 is 0 Å². The van der Waals surface area contributed by atoms with E-state index in [0.717, 1.165) is 0 Å². The molecule has 0 radical (unpaired) electrons. The number of nitro groups is 1. The molecule has 0 aromatic heterocycles. The highest BCUT2D eigenvalue weighted by atomic mass is 16.6. The zero-order chi connectivity index (χ0) is 21.1. The largest absolute Gasteiger partial charge is 0.375 e. The van der Waals surface area contributed by atoms with Crippen molar-refractivity contribution in [3.63, 3.8) is 0 Å². The minimum Gasteiger partial charge on any atom is -0.375 e. The third-order valence-electron chi connectivity index (χ3n) is 4.85. The number of nitro benzene ring substituents is 1. The molecule has 152 valence electrons. The number of carbonyl (C=O) groups is 2. The van der Waals surface area contributed by atoms with Gasteiger partial charge in [0.2, 0.25) is 0 Å². The van der Waals surface area contributed by atoms with Gasteiger partial charge in [-0.15, -0.1) is 0 Å². The summed E-state index contributed by atoms with van der Waals surface area (Å²) in [5.74, 6) is -0.674. The number of nitrogens with zero attached hydrogens (tertiary/aromatic N) is 3. The molecular weight excluding hydrogens is 374 g/mol. The lowest BCUT2D eigenvalue weighted by molar-refractivity contribution is -0.384. The van der Waals surface area contributed by atoms with Crippen molar-refractivity contribution in [2.24, 2.45) is 0 Å². The van der Waals surface area contributed by atoms with Crippen LogP contribution in [0, 0.1) is 10.1 Å². The van der Waals surface area contributed by atoms with Gasteiger partial charge in [0.1, 0.15) is 5.69 Å². The van der Waals surface area contributed by atoms with Gasteiger partial charge in [-0.25, -0.2) is 0 Å². The van der Waals surface area contributed by atoms with Crippen molar-refractivity contribution in [2.75, 3.05) is 38.7 Å². The summed E-state index contributed by atoms with van der Waals surface area (Å²) >= 11 is 0. The summed E-state index contributed by atoms with van der Waals surface area (Å²) < 4.78 is 5.48. The molecular formula is C21H23N3O5. The topological polar surface area (TPSA) is 93.0 Å². The van der Waals surface area contributed by atoms with Crippen molar-refractivity contribution in [2.45, 2.75) is 13.0 Å². The lowest BCUT2D eigenvalue weighted by atomic mass is 9.96. The number of anilines is 1. The third kappa shape index (κ3) is 4.27. The molecule has 8 heteroatoms. The molecule has 8 nitrogen and oxygen atoms in total. The third-order valence-corrected chi connectivity index (χ3v) is 4.85. The summed E-state index contributed by atoms with van der Waals surface area (Å²) in [7, 11) is 3.39. The van der Waals surface area contributed by atoms with E-state index < -0.39 is 10.7 Å². The van der Waals surface area contributed by atoms with Gasteiger partial charge in [0.25, 0.3) is 11.6 Å². The highest BCUT2D eigenvalue weighted by Crippen LogP contribution is 2.29. The first-order valence-corrected chi connectivity index (χ1v) is 9.30. The number of benzene rings is 2. The van der Waals surface area contributed by atoms with Crippen LogP contribution in [0.5, 0.6) is 0 Å². The number of carbonyl (C=O) groups excluding carboxylic acids is 2. The van der Waals surface area contributed by atoms with E-state index in [2.05, 4.69) is 0 Å². The van der Waals surface area contributed by atoms with Gasteiger partial charge in [0.15, 0.2) is 5.78 Å². The van der Waals surface area contributed by atoms with Gasteiger partial charge < -0.3 is 14.5 Å². The van der Waals surface area contributed by atoms with Gasteiger partial charge in [-0.3, -0.25) is 19.7 Å². The van der Waals surface area contributed by atoms with E-state index in [1.165, 1.54) is 6.07 Å². The summed E-state index contributed by atoms with van der Waals surface area (Å²) in [6.07, 6.45) is -0.0724. The first kappa shape index (κ1) is 20.5. The second kappa shape index (κ2) is 8.40. The lowest BCUT2D eigenvalue weighted by Crippen LogP contribution is -2.44. The molecule has 0 spiro atoms. The number of hydrogen-bond acceptors (Lipinski definition) is 6. The van der Waals surface area contributed by atoms with Gasteiger partial charge in [0.05, 0.1) is 23.2 Å². The summed E-state index contributed by atoms with van der Waals surface area (Å²) in [5.41, 5.74) is 0.914. The minimum atomic E-state index is -0.516. The van der Waals surface area contributed by atoms with Crippen molar-refractivity contribution in [3.05, 3.63) is 69.3 Å². The molecule has 1 atom stereocenters. The number of amides is 1. The van der Waals surface area contributed by atoms with Crippen LogP contribution in [0.2, 0.25) is 0 Å². The molecule has 0 saturated carbocycles. The second-order valence-corrected chi connectivity index (χ2v) is 7.16. The number of hydrogen-bond donors (Lipinski definition) is 0. The van der Waals surface area contributed by atoms with E-state index in [1.54, 1.807) is 60.3 Å². The number of ketones is 1. The zero-order valence-electron chi connectivity index (χ0n) is 16.6. The molecule has 0 N–H and O–H groups in total. The van der Waals surface area contributed by atoms with Crippen LogP contribution in [0.15, 0.2) is 42.5 Å². The molecule has 3 rings (SSSR count).